The Morgan fingerprint density at radius 3 is 2.85 bits per heavy atom. The van der Waals surface area contributed by atoms with E-state index in [0.29, 0.717) is 24.2 Å². The minimum Gasteiger partial charge on any atom is -0.451 e. The van der Waals surface area contributed by atoms with Gasteiger partial charge in [0, 0.05) is 18.9 Å². The van der Waals surface area contributed by atoms with Crippen LogP contribution >= 0.6 is 0 Å². The van der Waals surface area contributed by atoms with Gasteiger partial charge in [-0.3, -0.25) is 4.79 Å². The minimum atomic E-state index is -1.17. The minimum absolute atomic E-state index is 0.420. The maximum Gasteiger partial charge on any atom is 0.341 e. The molecule has 5 heteroatoms. The first kappa shape index (κ1) is 13.1. The van der Waals surface area contributed by atoms with Gasteiger partial charge in [0.1, 0.15) is 0 Å². The summed E-state index contributed by atoms with van der Waals surface area (Å²) >= 11 is 0. The van der Waals surface area contributed by atoms with Crippen LogP contribution in [0.4, 0.5) is 0 Å². The van der Waals surface area contributed by atoms with E-state index in [9.17, 15) is 9.59 Å². The molecule has 1 spiro atoms. The van der Waals surface area contributed by atoms with Crippen molar-refractivity contribution < 1.29 is 23.8 Å². The molecular weight excluding hydrogens is 260 g/mol. The van der Waals surface area contributed by atoms with Crippen LogP contribution in [-0.4, -0.2) is 24.3 Å². The molecule has 0 radical (unpaired) electrons. The highest BCUT2D eigenvalue weighted by Crippen LogP contribution is 2.45. The number of esters is 2. The SMILES string of the molecule is CC(=O)O[C@@H]1c2ccccc2C(=O)O[C@]12CCCCO2. The van der Waals surface area contributed by atoms with Crippen LogP contribution in [0.15, 0.2) is 24.3 Å². The third-order valence-corrected chi connectivity index (χ3v) is 3.68. The molecule has 0 aromatic heterocycles. The van der Waals surface area contributed by atoms with Crippen LogP contribution in [0.2, 0.25) is 0 Å². The summed E-state index contributed by atoms with van der Waals surface area (Å²) in [5, 5.41) is 0. The zero-order chi connectivity index (χ0) is 14.2. The lowest BCUT2D eigenvalue weighted by molar-refractivity contribution is -0.282. The van der Waals surface area contributed by atoms with Crippen LogP contribution in [0.1, 0.15) is 48.2 Å². The van der Waals surface area contributed by atoms with Crippen LogP contribution in [0.5, 0.6) is 0 Å². The zero-order valence-electron chi connectivity index (χ0n) is 11.3. The predicted octanol–water partition coefficient (Wildman–Crippen LogP) is 2.36. The van der Waals surface area contributed by atoms with E-state index in [4.69, 9.17) is 14.2 Å². The van der Waals surface area contributed by atoms with Gasteiger partial charge in [-0.15, -0.1) is 0 Å². The quantitative estimate of drug-likeness (QED) is 0.737. The summed E-state index contributed by atoms with van der Waals surface area (Å²) in [6.07, 6.45) is 1.61. The number of hydrogen-bond acceptors (Lipinski definition) is 5. The number of ether oxygens (including phenoxy) is 3. The van der Waals surface area contributed by atoms with Gasteiger partial charge in [-0.1, -0.05) is 18.2 Å². The molecule has 0 amide bonds. The Labute approximate surface area is 116 Å². The molecule has 1 aromatic rings. The second kappa shape index (κ2) is 4.90. The lowest BCUT2D eigenvalue weighted by Crippen LogP contribution is -2.50. The molecule has 0 aliphatic carbocycles. The topological polar surface area (TPSA) is 61.8 Å². The van der Waals surface area contributed by atoms with E-state index in [2.05, 4.69) is 0 Å². The number of hydrogen-bond donors (Lipinski definition) is 0. The smallest absolute Gasteiger partial charge is 0.341 e. The first-order valence-corrected chi connectivity index (χ1v) is 6.76. The van der Waals surface area contributed by atoms with Gasteiger partial charge in [-0.2, -0.15) is 0 Å². The molecule has 0 saturated carbocycles. The van der Waals surface area contributed by atoms with Crippen molar-refractivity contribution in [3.05, 3.63) is 35.4 Å². The Balaban J connectivity index is 2.07. The molecule has 0 N–H and O–H groups in total. The third-order valence-electron chi connectivity index (χ3n) is 3.68. The number of carbonyl (C=O) groups is 2. The van der Waals surface area contributed by atoms with Gasteiger partial charge in [0.2, 0.25) is 0 Å². The molecule has 2 aliphatic heterocycles. The largest absolute Gasteiger partial charge is 0.451 e. The Bertz CT molecular complexity index is 545. The standard InChI is InChI=1S/C15H16O5/c1-10(16)19-13-11-6-2-3-7-12(11)14(17)20-15(13)8-4-5-9-18-15/h2-3,6-7,13H,4-5,8-9H2,1H3/t13-,15-/m1/s1. The van der Waals surface area contributed by atoms with Crippen LogP contribution in [-0.2, 0) is 19.0 Å². The van der Waals surface area contributed by atoms with Crippen molar-refractivity contribution in [1.29, 1.82) is 0 Å². The van der Waals surface area contributed by atoms with E-state index in [1.165, 1.54) is 6.92 Å². The summed E-state index contributed by atoms with van der Waals surface area (Å²) in [7, 11) is 0. The average molecular weight is 276 g/mol. The van der Waals surface area contributed by atoms with E-state index in [1.54, 1.807) is 18.2 Å². The average Bonchev–Trinajstić information content (AvgIpc) is 2.44. The van der Waals surface area contributed by atoms with Crippen molar-refractivity contribution in [3.8, 4) is 0 Å². The molecule has 3 rings (SSSR count). The Morgan fingerprint density at radius 1 is 1.35 bits per heavy atom. The van der Waals surface area contributed by atoms with Crippen molar-refractivity contribution in [1.82, 2.24) is 0 Å². The number of rotatable bonds is 1. The summed E-state index contributed by atoms with van der Waals surface area (Å²) in [5.74, 6) is -2.02. The van der Waals surface area contributed by atoms with Crippen LogP contribution in [0.3, 0.4) is 0 Å². The first-order chi connectivity index (χ1) is 9.62. The molecule has 2 heterocycles. The van der Waals surface area contributed by atoms with E-state index in [-0.39, 0.29) is 0 Å². The van der Waals surface area contributed by atoms with E-state index in [1.807, 2.05) is 6.07 Å². The van der Waals surface area contributed by atoms with Crippen LogP contribution in [0, 0.1) is 0 Å². The third kappa shape index (κ3) is 2.08. The molecule has 2 aliphatic rings. The monoisotopic (exact) mass is 276 g/mol. The molecule has 0 unspecified atom stereocenters. The molecule has 106 valence electrons. The van der Waals surface area contributed by atoms with Gasteiger partial charge in [-0.05, 0) is 18.9 Å². The molecular formula is C15H16O5. The zero-order valence-corrected chi connectivity index (χ0v) is 11.3. The highest BCUT2D eigenvalue weighted by molar-refractivity contribution is 5.93. The molecule has 1 aromatic carbocycles. The maximum absolute atomic E-state index is 12.1. The van der Waals surface area contributed by atoms with Gasteiger partial charge in [0.25, 0.3) is 5.79 Å². The molecule has 1 fully saturated rings. The number of carbonyl (C=O) groups excluding carboxylic acids is 2. The van der Waals surface area contributed by atoms with Gasteiger partial charge in [0.05, 0.1) is 12.2 Å². The van der Waals surface area contributed by atoms with E-state index in [0.717, 1.165) is 12.8 Å². The molecule has 5 nitrogen and oxygen atoms in total. The normalized spacial score (nSPS) is 28.6. The van der Waals surface area contributed by atoms with Crippen molar-refractivity contribution in [3.63, 3.8) is 0 Å². The fourth-order valence-electron chi connectivity index (χ4n) is 2.81. The second-order valence-corrected chi connectivity index (χ2v) is 5.08. The fourth-order valence-corrected chi connectivity index (χ4v) is 2.81. The maximum atomic E-state index is 12.1. The van der Waals surface area contributed by atoms with Gasteiger partial charge >= 0.3 is 11.9 Å². The second-order valence-electron chi connectivity index (χ2n) is 5.08. The van der Waals surface area contributed by atoms with Crippen LogP contribution in [0.25, 0.3) is 0 Å². The van der Waals surface area contributed by atoms with E-state index >= 15 is 0 Å². The molecule has 2 atom stereocenters. The Hall–Kier alpha value is -1.88. The first-order valence-electron chi connectivity index (χ1n) is 6.76. The Kier molecular flexibility index (Phi) is 3.22. The highest BCUT2D eigenvalue weighted by Gasteiger charge is 2.52. The van der Waals surface area contributed by atoms with Crippen molar-refractivity contribution >= 4 is 11.9 Å². The number of fused-ring (bicyclic) bond motifs is 1. The lowest BCUT2D eigenvalue weighted by Gasteiger charge is -2.44. The predicted molar refractivity (Wildman–Crippen MR) is 68.9 cm³/mol. The summed E-state index contributed by atoms with van der Waals surface area (Å²) in [5.41, 5.74) is 1.08. The van der Waals surface area contributed by atoms with Crippen molar-refractivity contribution in [2.75, 3.05) is 6.61 Å². The highest BCUT2D eigenvalue weighted by atomic mass is 16.7. The summed E-state index contributed by atoms with van der Waals surface area (Å²) in [4.78, 5) is 23.6. The fraction of sp³-hybridized carbons (Fsp3) is 0.467. The van der Waals surface area contributed by atoms with Gasteiger partial charge in [0.15, 0.2) is 6.10 Å². The lowest BCUT2D eigenvalue weighted by atomic mass is 9.89. The van der Waals surface area contributed by atoms with Crippen LogP contribution < -0.4 is 0 Å². The molecule has 0 bridgehead atoms. The summed E-state index contributed by atoms with van der Waals surface area (Å²) < 4.78 is 16.7. The van der Waals surface area contributed by atoms with Crippen molar-refractivity contribution in [2.24, 2.45) is 0 Å². The number of benzene rings is 1. The Morgan fingerprint density at radius 2 is 2.15 bits per heavy atom. The van der Waals surface area contributed by atoms with Crippen molar-refractivity contribution in [2.45, 2.75) is 38.1 Å². The van der Waals surface area contributed by atoms with Gasteiger partial charge in [-0.25, -0.2) is 4.79 Å². The molecule has 1 saturated heterocycles. The summed E-state index contributed by atoms with van der Waals surface area (Å²) in [6, 6.07) is 7.02. The summed E-state index contributed by atoms with van der Waals surface area (Å²) in [6.45, 7) is 1.84. The van der Waals surface area contributed by atoms with Gasteiger partial charge < -0.3 is 14.2 Å². The van der Waals surface area contributed by atoms with E-state index < -0.39 is 23.8 Å². The molecule has 20 heavy (non-hydrogen) atoms.